The van der Waals surface area contributed by atoms with Crippen LogP contribution >= 0.6 is 29.3 Å². The lowest BCUT2D eigenvalue weighted by atomic mass is 9.77. The van der Waals surface area contributed by atoms with E-state index >= 15 is 0 Å². The molecule has 5 rings (SSSR count). The number of hydrogen-bond donors (Lipinski definition) is 3. The topological polar surface area (TPSA) is 143 Å². The first-order valence-corrected chi connectivity index (χ1v) is 16.3. The lowest BCUT2D eigenvalue weighted by Crippen LogP contribution is -2.63. The van der Waals surface area contributed by atoms with E-state index in [4.69, 9.17) is 13.8 Å². The van der Waals surface area contributed by atoms with Crippen LogP contribution < -0.4 is 19.6 Å². The quantitative estimate of drug-likeness (QED) is 0.152. The van der Waals surface area contributed by atoms with Gasteiger partial charge in [0.25, 0.3) is 0 Å². The molecule has 6 atom stereocenters. The largest absolute Gasteiger partial charge is 0.486 e. The van der Waals surface area contributed by atoms with Crippen LogP contribution in [0.2, 0.25) is 0 Å². The van der Waals surface area contributed by atoms with Crippen molar-refractivity contribution < 1.29 is 33.3 Å². The van der Waals surface area contributed by atoms with E-state index in [1.54, 1.807) is 35.1 Å². The number of rotatable bonds is 12. The predicted molar refractivity (Wildman–Crippen MR) is 172 cm³/mol. The van der Waals surface area contributed by atoms with Crippen molar-refractivity contribution in [2.75, 3.05) is 11.4 Å². The first-order chi connectivity index (χ1) is 20.8. The molecule has 3 aromatic rings. The van der Waals surface area contributed by atoms with E-state index in [1.807, 2.05) is 42.6 Å². The van der Waals surface area contributed by atoms with Gasteiger partial charge in [-0.05, 0) is 24.6 Å². The number of nitrogens with zero attached hydrogens (tertiary/aromatic N) is 3. The normalized spacial score (nSPS) is 20.6. The van der Waals surface area contributed by atoms with Crippen LogP contribution in [-0.4, -0.2) is 67.6 Å². The average Bonchev–Trinajstić information content (AvgIpc) is 3.60. The Morgan fingerprint density at radius 2 is 1.88 bits per heavy atom. The molecule has 0 bridgehead atoms. The van der Waals surface area contributed by atoms with Gasteiger partial charge in [0.05, 0.1) is 30.3 Å². The van der Waals surface area contributed by atoms with E-state index in [0.717, 1.165) is 15.8 Å². The van der Waals surface area contributed by atoms with Crippen molar-refractivity contribution in [2.24, 2.45) is 11.8 Å². The maximum absolute atomic E-state index is 13.6. The number of nitrogens with one attached hydrogen (secondary N) is 2. The molecule has 3 heterocycles. The monoisotopic (exact) mass is 641 g/mol. The Bertz CT molecular complexity index is 1550. The van der Waals surface area contributed by atoms with Gasteiger partial charge in [-0.25, -0.2) is 14.6 Å². The zero-order valence-corrected chi connectivity index (χ0v) is 26.8. The molecular formula is C26H31B2N5O7P2S. The van der Waals surface area contributed by atoms with E-state index in [2.05, 4.69) is 15.0 Å². The second kappa shape index (κ2) is 13.7. The lowest BCUT2D eigenvalue weighted by molar-refractivity contribution is -0.162. The van der Waals surface area contributed by atoms with Crippen molar-refractivity contribution in [1.29, 1.82) is 0 Å². The highest BCUT2D eigenvalue weighted by Gasteiger charge is 2.60. The molecule has 0 saturated carbocycles. The number of aliphatic hydroxyl groups excluding tert-OH is 1. The Labute approximate surface area is 258 Å². The van der Waals surface area contributed by atoms with Crippen LogP contribution in [-0.2, 0) is 25.2 Å². The fourth-order valence-electron chi connectivity index (χ4n) is 5.65. The number of aromatic nitrogens is 1. The summed E-state index contributed by atoms with van der Waals surface area (Å²) in [4.78, 5) is 52.9. The number of hydrogen-bond acceptors (Lipinski definition) is 11. The maximum atomic E-state index is 13.6. The fourth-order valence-corrected chi connectivity index (χ4v) is 6.76. The average molecular weight is 641 g/mol. The van der Waals surface area contributed by atoms with Gasteiger partial charge in [0, 0.05) is 28.3 Å². The van der Waals surface area contributed by atoms with Crippen molar-refractivity contribution in [3.05, 3.63) is 64.3 Å². The fraction of sp³-hybridized carbons (Fsp3) is 0.308. The molecule has 1 aromatic heterocycles. The van der Waals surface area contributed by atoms with Gasteiger partial charge in [-0.15, -0.1) is 11.3 Å². The molecule has 1 fully saturated rings. The number of β-lactam (4-membered cyclic amide) rings is 1. The SMILES string of the molecule is BNPOC(=O)C1=C(CN(C(=O)OPNB)c2cccc3c(OCc4nccs4)cccc23)[C@H](C)C2C([C@@H](C)O)C(=O)N12. The molecular weight excluding hydrogens is 610 g/mol. The van der Waals surface area contributed by atoms with Crippen LogP contribution in [0, 0.1) is 11.8 Å². The van der Waals surface area contributed by atoms with E-state index in [0.29, 0.717) is 23.6 Å². The van der Waals surface area contributed by atoms with Gasteiger partial charge in [0.2, 0.25) is 5.91 Å². The van der Waals surface area contributed by atoms with Crippen molar-refractivity contribution >= 4 is 79.6 Å². The van der Waals surface area contributed by atoms with E-state index in [9.17, 15) is 19.5 Å². The molecule has 12 nitrogen and oxygen atoms in total. The molecule has 0 spiro atoms. The number of thiazole rings is 1. The Balaban J connectivity index is 1.56. The Morgan fingerprint density at radius 1 is 1.16 bits per heavy atom. The molecule has 2 aliphatic heterocycles. The predicted octanol–water partition coefficient (Wildman–Crippen LogP) is 1.77. The van der Waals surface area contributed by atoms with Gasteiger partial charge in [-0.2, -0.15) is 0 Å². The molecule has 0 radical (unpaired) electrons. The second-order valence-corrected chi connectivity index (χ2v) is 12.8. The summed E-state index contributed by atoms with van der Waals surface area (Å²) in [5.41, 5.74) is 1.19. The third-order valence-corrected chi connectivity index (χ3v) is 9.25. The number of benzene rings is 2. The minimum absolute atomic E-state index is 0.0442. The molecule has 43 heavy (non-hydrogen) atoms. The first-order valence-electron chi connectivity index (χ1n) is 13.6. The zero-order valence-electron chi connectivity index (χ0n) is 24.0. The summed E-state index contributed by atoms with van der Waals surface area (Å²) >= 11 is 1.50. The highest BCUT2D eigenvalue weighted by Crippen LogP contribution is 2.48. The van der Waals surface area contributed by atoms with Gasteiger partial charge in [0.1, 0.15) is 41.0 Å². The molecule has 2 aromatic carbocycles. The lowest BCUT2D eigenvalue weighted by Gasteiger charge is -2.46. The number of anilines is 1. The van der Waals surface area contributed by atoms with Crippen molar-refractivity contribution in [1.82, 2.24) is 19.9 Å². The van der Waals surface area contributed by atoms with Crippen LogP contribution in [0.15, 0.2) is 59.2 Å². The smallest absolute Gasteiger partial charge is 0.418 e. The van der Waals surface area contributed by atoms with Crippen LogP contribution in [0.4, 0.5) is 10.5 Å². The summed E-state index contributed by atoms with van der Waals surface area (Å²) in [5, 5.41) is 14.6. The molecule has 4 unspecified atom stereocenters. The van der Waals surface area contributed by atoms with Crippen molar-refractivity contribution in [2.45, 2.75) is 32.6 Å². The van der Waals surface area contributed by atoms with Crippen molar-refractivity contribution in [3.8, 4) is 5.75 Å². The van der Waals surface area contributed by atoms with Crippen LogP contribution in [0.1, 0.15) is 18.9 Å². The number of carbonyl (C=O) groups excluding carboxylic acids is 3. The van der Waals surface area contributed by atoms with Gasteiger partial charge < -0.3 is 33.8 Å². The summed E-state index contributed by atoms with van der Waals surface area (Å²) < 4.78 is 17.0. The second-order valence-electron chi connectivity index (χ2n) is 10.0. The number of carbonyl (C=O) groups is 3. The van der Waals surface area contributed by atoms with Crippen LogP contribution in [0.5, 0.6) is 5.75 Å². The number of amides is 2. The molecule has 2 aliphatic rings. The van der Waals surface area contributed by atoms with Gasteiger partial charge >= 0.3 is 12.1 Å². The van der Waals surface area contributed by atoms with Crippen LogP contribution in [0.25, 0.3) is 10.8 Å². The highest BCUT2D eigenvalue weighted by atomic mass is 32.1. The van der Waals surface area contributed by atoms with E-state index < -0.39 is 30.1 Å². The first kappa shape index (κ1) is 31.4. The molecule has 224 valence electrons. The number of ether oxygens (including phenoxy) is 1. The summed E-state index contributed by atoms with van der Waals surface area (Å²) in [6.45, 7) is 3.71. The molecule has 0 aliphatic carbocycles. The van der Waals surface area contributed by atoms with E-state index in [1.165, 1.54) is 21.1 Å². The van der Waals surface area contributed by atoms with Gasteiger partial charge in [-0.1, -0.05) is 31.2 Å². The summed E-state index contributed by atoms with van der Waals surface area (Å²) in [6, 6.07) is 10.7. The van der Waals surface area contributed by atoms with E-state index in [-0.39, 0.29) is 42.0 Å². The molecule has 1 saturated heterocycles. The van der Waals surface area contributed by atoms with Crippen molar-refractivity contribution in [3.63, 3.8) is 0 Å². The standard InChI is InChI=1S/C26H31B2N5O7P2S/c1-13-17(23(25(36)39-41-30-27)33-22(13)21(14(2)34)24(33)35)11-32(26(37)40-42-31-28)18-7-3-6-16-15(18)5-4-8-19(16)38-12-20-29-9-10-43-20/h3-10,13-14,21-22,30-31,34,41-42H,11-12,27-28H2,1-2H3/t13-,14+,21?,22?/m0/s1. The molecule has 17 heteroatoms. The Kier molecular flexibility index (Phi) is 10.0. The summed E-state index contributed by atoms with van der Waals surface area (Å²) in [5.74, 6) is -1.40. The number of fused-ring (bicyclic) bond motifs is 2. The van der Waals surface area contributed by atoms with Crippen LogP contribution in [0.3, 0.4) is 0 Å². The minimum Gasteiger partial charge on any atom is -0.486 e. The highest BCUT2D eigenvalue weighted by molar-refractivity contribution is 7.32. The molecule has 3 N–H and O–H groups in total. The zero-order chi connectivity index (χ0) is 30.7. The van der Waals surface area contributed by atoms with Gasteiger partial charge in [0.15, 0.2) is 16.0 Å². The third-order valence-electron chi connectivity index (χ3n) is 7.53. The summed E-state index contributed by atoms with van der Waals surface area (Å²) in [7, 11) is 2.70. The number of aliphatic hydroxyl groups is 1. The molecule has 2 amide bonds. The third kappa shape index (κ3) is 6.16. The minimum atomic E-state index is -0.897. The Hall–Kier alpha value is -3.05. The maximum Gasteiger partial charge on any atom is 0.418 e. The van der Waals surface area contributed by atoms with Gasteiger partial charge in [-0.3, -0.25) is 9.69 Å². The Morgan fingerprint density at radius 3 is 2.58 bits per heavy atom. The summed E-state index contributed by atoms with van der Waals surface area (Å²) in [6.07, 6.45) is 0.193.